The zero-order valence-corrected chi connectivity index (χ0v) is 13.3. The van der Waals surface area contributed by atoms with Crippen molar-refractivity contribution in [3.63, 3.8) is 0 Å². The molecule has 1 aliphatic carbocycles. The average Bonchev–Trinajstić information content (AvgIpc) is 3.21. The van der Waals surface area contributed by atoms with Gasteiger partial charge in [-0.1, -0.05) is 28.1 Å². The molecule has 1 atom stereocenters. The van der Waals surface area contributed by atoms with E-state index in [1.165, 1.54) is 0 Å². The molecule has 0 aliphatic heterocycles. The number of Topliss-reactive ketones (excluding diaryl/α,β-unsaturated/α-hetero) is 1. The van der Waals surface area contributed by atoms with Gasteiger partial charge in [-0.05, 0) is 38.9 Å². The largest absolute Gasteiger partial charge is 0.352 e. The van der Waals surface area contributed by atoms with Crippen molar-refractivity contribution in [1.82, 2.24) is 10.2 Å². The third kappa shape index (κ3) is 4.15. The van der Waals surface area contributed by atoms with Crippen molar-refractivity contribution in [2.75, 3.05) is 13.6 Å². The van der Waals surface area contributed by atoms with Crippen LogP contribution in [0, 0.1) is 0 Å². The summed E-state index contributed by atoms with van der Waals surface area (Å²) < 4.78 is 0.943. The van der Waals surface area contributed by atoms with Gasteiger partial charge >= 0.3 is 0 Å². The summed E-state index contributed by atoms with van der Waals surface area (Å²) >= 11 is 3.35. The Bertz CT molecular complexity index is 497. The number of amides is 1. The molecule has 1 amide bonds. The van der Waals surface area contributed by atoms with Crippen LogP contribution in [0.4, 0.5) is 0 Å². The Labute approximate surface area is 127 Å². The van der Waals surface area contributed by atoms with Crippen molar-refractivity contribution in [2.45, 2.75) is 31.8 Å². The van der Waals surface area contributed by atoms with Gasteiger partial charge < -0.3 is 5.32 Å². The SMILES string of the molecule is CC(C(=O)c1ccc(Br)cc1)N(C)CC(=O)NC1CC1. The molecular formula is C15H19BrN2O2. The molecule has 1 fully saturated rings. The normalized spacial score (nSPS) is 16.0. The fraction of sp³-hybridized carbons (Fsp3) is 0.467. The van der Waals surface area contributed by atoms with Crippen LogP contribution in [0.2, 0.25) is 0 Å². The number of benzene rings is 1. The van der Waals surface area contributed by atoms with Gasteiger partial charge in [0, 0.05) is 16.1 Å². The van der Waals surface area contributed by atoms with Crippen molar-refractivity contribution in [2.24, 2.45) is 0 Å². The summed E-state index contributed by atoms with van der Waals surface area (Å²) in [6.45, 7) is 2.08. The maximum absolute atomic E-state index is 12.3. The van der Waals surface area contributed by atoms with E-state index in [0.717, 1.165) is 17.3 Å². The van der Waals surface area contributed by atoms with E-state index in [0.29, 0.717) is 11.6 Å². The third-order valence-electron chi connectivity index (χ3n) is 3.50. The second-order valence-corrected chi connectivity index (χ2v) is 6.22. The lowest BCUT2D eigenvalue weighted by Gasteiger charge is -2.23. The molecule has 0 aromatic heterocycles. The number of carbonyl (C=O) groups is 2. The van der Waals surface area contributed by atoms with Gasteiger partial charge in [0.25, 0.3) is 0 Å². The van der Waals surface area contributed by atoms with E-state index >= 15 is 0 Å². The summed E-state index contributed by atoms with van der Waals surface area (Å²) in [6.07, 6.45) is 2.14. The van der Waals surface area contributed by atoms with E-state index < -0.39 is 0 Å². The summed E-state index contributed by atoms with van der Waals surface area (Å²) in [5.74, 6) is 0.0182. The topological polar surface area (TPSA) is 49.4 Å². The second-order valence-electron chi connectivity index (χ2n) is 5.30. The van der Waals surface area contributed by atoms with Gasteiger partial charge in [-0.3, -0.25) is 14.5 Å². The summed E-state index contributed by atoms with van der Waals surface area (Å²) in [5, 5.41) is 2.93. The molecule has 1 aliphatic rings. The fourth-order valence-electron chi connectivity index (χ4n) is 1.92. The van der Waals surface area contributed by atoms with E-state index in [1.54, 1.807) is 24.1 Å². The molecule has 1 aromatic carbocycles. The molecule has 4 nitrogen and oxygen atoms in total. The predicted molar refractivity (Wildman–Crippen MR) is 81.7 cm³/mol. The molecule has 0 bridgehead atoms. The number of likely N-dealkylation sites (N-methyl/N-ethyl adjacent to an activating group) is 1. The number of hydrogen-bond acceptors (Lipinski definition) is 3. The minimum atomic E-state index is -0.318. The lowest BCUT2D eigenvalue weighted by atomic mass is 10.0. The fourth-order valence-corrected chi connectivity index (χ4v) is 2.18. The van der Waals surface area contributed by atoms with Crippen LogP contribution < -0.4 is 5.32 Å². The van der Waals surface area contributed by atoms with Crippen LogP contribution in [0.15, 0.2) is 28.7 Å². The summed E-state index contributed by atoms with van der Waals surface area (Å²) in [5.41, 5.74) is 0.662. The average molecular weight is 339 g/mol. The molecule has 1 aromatic rings. The van der Waals surface area contributed by atoms with Gasteiger partial charge in [0.05, 0.1) is 12.6 Å². The van der Waals surface area contributed by atoms with Crippen LogP contribution in [-0.2, 0) is 4.79 Å². The Balaban J connectivity index is 1.91. The highest BCUT2D eigenvalue weighted by Gasteiger charge is 2.26. The van der Waals surface area contributed by atoms with Gasteiger partial charge in [-0.15, -0.1) is 0 Å². The molecule has 1 saturated carbocycles. The van der Waals surface area contributed by atoms with Gasteiger partial charge in [-0.2, -0.15) is 0 Å². The van der Waals surface area contributed by atoms with Gasteiger partial charge in [0.15, 0.2) is 5.78 Å². The molecule has 0 spiro atoms. The van der Waals surface area contributed by atoms with E-state index in [9.17, 15) is 9.59 Å². The van der Waals surface area contributed by atoms with Crippen LogP contribution in [0.3, 0.4) is 0 Å². The highest BCUT2D eigenvalue weighted by Crippen LogP contribution is 2.18. The third-order valence-corrected chi connectivity index (χ3v) is 4.03. The maximum Gasteiger partial charge on any atom is 0.234 e. The highest BCUT2D eigenvalue weighted by atomic mass is 79.9. The standard InChI is InChI=1S/C15H19BrN2O2/c1-10(15(20)11-3-5-12(16)6-4-11)18(2)9-14(19)17-13-7-8-13/h3-6,10,13H,7-9H2,1-2H3,(H,17,19). The van der Waals surface area contributed by atoms with E-state index in [4.69, 9.17) is 0 Å². The van der Waals surface area contributed by atoms with Crippen LogP contribution in [0.25, 0.3) is 0 Å². The lowest BCUT2D eigenvalue weighted by molar-refractivity contribution is -0.122. The molecule has 5 heteroatoms. The number of carbonyl (C=O) groups excluding carboxylic acids is 2. The number of nitrogens with one attached hydrogen (secondary N) is 1. The van der Waals surface area contributed by atoms with Crippen LogP contribution in [-0.4, -0.2) is 42.3 Å². The molecule has 20 heavy (non-hydrogen) atoms. The first-order valence-electron chi connectivity index (χ1n) is 6.76. The minimum absolute atomic E-state index is 0.00884. The Morgan fingerprint density at radius 3 is 2.50 bits per heavy atom. The molecule has 108 valence electrons. The molecule has 0 saturated heterocycles. The van der Waals surface area contributed by atoms with Gasteiger partial charge in [0.2, 0.25) is 5.91 Å². The quantitative estimate of drug-likeness (QED) is 0.809. The van der Waals surface area contributed by atoms with Crippen molar-refractivity contribution in [3.05, 3.63) is 34.3 Å². The van der Waals surface area contributed by atoms with Crippen LogP contribution in [0.1, 0.15) is 30.1 Å². The lowest BCUT2D eigenvalue weighted by Crippen LogP contribution is -2.43. The molecule has 1 unspecified atom stereocenters. The van der Waals surface area contributed by atoms with Crippen molar-refractivity contribution < 1.29 is 9.59 Å². The van der Waals surface area contributed by atoms with Gasteiger partial charge in [0.1, 0.15) is 0 Å². The predicted octanol–water partition coefficient (Wildman–Crippen LogP) is 2.23. The Morgan fingerprint density at radius 1 is 1.35 bits per heavy atom. The number of ketones is 1. The summed E-state index contributed by atoms with van der Waals surface area (Å²) in [4.78, 5) is 25.8. The summed E-state index contributed by atoms with van der Waals surface area (Å²) in [7, 11) is 1.80. The zero-order valence-electron chi connectivity index (χ0n) is 11.7. The molecular weight excluding hydrogens is 320 g/mol. The first kappa shape index (κ1) is 15.2. The molecule has 1 N–H and O–H groups in total. The van der Waals surface area contributed by atoms with E-state index in [-0.39, 0.29) is 24.3 Å². The Morgan fingerprint density at radius 2 is 1.95 bits per heavy atom. The zero-order chi connectivity index (χ0) is 14.7. The first-order chi connectivity index (χ1) is 9.47. The molecule has 0 radical (unpaired) electrons. The van der Waals surface area contributed by atoms with Crippen molar-refractivity contribution in [1.29, 1.82) is 0 Å². The second kappa shape index (κ2) is 6.50. The maximum atomic E-state index is 12.3. The van der Waals surface area contributed by atoms with Crippen molar-refractivity contribution >= 4 is 27.6 Å². The smallest absolute Gasteiger partial charge is 0.234 e. The highest BCUT2D eigenvalue weighted by molar-refractivity contribution is 9.10. The van der Waals surface area contributed by atoms with Crippen molar-refractivity contribution in [3.8, 4) is 0 Å². The monoisotopic (exact) mass is 338 g/mol. The minimum Gasteiger partial charge on any atom is -0.352 e. The summed E-state index contributed by atoms with van der Waals surface area (Å²) in [6, 6.07) is 7.32. The number of hydrogen-bond donors (Lipinski definition) is 1. The van der Waals surface area contributed by atoms with Gasteiger partial charge in [-0.25, -0.2) is 0 Å². The molecule has 0 heterocycles. The Kier molecular flexibility index (Phi) is 4.94. The van der Waals surface area contributed by atoms with E-state index in [1.807, 2.05) is 19.1 Å². The number of nitrogens with zero attached hydrogens (tertiary/aromatic N) is 1. The van der Waals surface area contributed by atoms with Crippen LogP contribution >= 0.6 is 15.9 Å². The first-order valence-corrected chi connectivity index (χ1v) is 7.56. The number of halogens is 1. The van der Waals surface area contributed by atoms with E-state index in [2.05, 4.69) is 21.2 Å². The molecule has 2 rings (SSSR count). The Hall–Kier alpha value is -1.20. The number of rotatable bonds is 6. The van der Waals surface area contributed by atoms with Crippen LogP contribution in [0.5, 0.6) is 0 Å².